The van der Waals surface area contributed by atoms with Crippen molar-refractivity contribution in [2.75, 3.05) is 32.9 Å². The van der Waals surface area contributed by atoms with E-state index in [2.05, 4.69) is 9.68 Å². The second kappa shape index (κ2) is 15.6. The number of carboxylic acids is 1. The number of morpholine rings is 1. The summed E-state index contributed by atoms with van der Waals surface area (Å²) in [6.45, 7) is 5.29. The average molecular weight is 684 g/mol. The molecule has 2 aromatic carbocycles. The molecule has 260 valence electrons. The topological polar surface area (TPSA) is 226 Å². The number of aliphatic carboxylic acids is 1. The van der Waals surface area contributed by atoms with Crippen molar-refractivity contribution in [1.29, 1.82) is 0 Å². The molecule has 2 aliphatic heterocycles. The highest BCUT2D eigenvalue weighted by molar-refractivity contribution is 7.87. The number of aliphatic hydroxyl groups excluding tert-OH is 4. The smallest absolute Gasteiger partial charge is 0.408 e. The molecule has 16 nitrogen and oxygen atoms in total. The van der Waals surface area contributed by atoms with Crippen molar-refractivity contribution in [3.05, 3.63) is 54.1 Å². The molecule has 47 heavy (non-hydrogen) atoms. The van der Waals surface area contributed by atoms with Gasteiger partial charge in [-0.3, -0.25) is 0 Å². The Balaban J connectivity index is 1.58. The molecule has 0 saturated carbocycles. The van der Waals surface area contributed by atoms with E-state index in [4.69, 9.17) is 23.1 Å². The number of ether oxygens (including phenoxy) is 4. The number of nitrogens with one attached hydrogen (secondary N) is 1. The van der Waals surface area contributed by atoms with E-state index in [0.717, 1.165) is 0 Å². The molecule has 0 aromatic heterocycles. The Labute approximate surface area is 272 Å². The van der Waals surface area contributed by atoms with Gasteiger partial charge in [-0.1, -0.05) is 24.3 Å². The zero-order chi connectivity index (χ0) is 34.4. The summed E-state index contributed by atoms with van der Waals surface area (Å²) < 4.78 is 48.2. The number of hydrogen-bond donors (Lipinski definition) is 6. The monoisotopic (exact) mass is 683 g/mol. The molecule has 0 bridgehead atoms. The molecule has 2 heterocycles. The van der Waals surface area contributed by atoms with Gasteiger partial charge in [-0.25, -0.2) is 9.59 Å². The van der Waals surface area contributed by atoms with E-state index in [-0.39, 0.29) is 49.9 Å². The summed E-state index contributed by atoms with van der Waals surface area (Å²) in [5, 5.41) is 52.3. The molecule has 0 aliphatic carbocycles. The zero-order valence-corrected chi connectivity index (χ0v) is 26.9. The summed E-state index contributed by atoms with van der Waals surface area (Å²) in [6.07, 6.45) is -8.57. The van der Waals surface area contributed by atoms with Gasteiger partial charge in [0.05, 0.1) is 19.8 Å². The molecule has 4 rings (SSSR count). The van der Waals surface area contributed by atoms with Gasteiger partial charge >= 0.3 is 12.1 Å². The van der Waals surface area contributed by atoms with Gasteiger partial charge in [0, 0.05) is 19.5 Å². The summed E-state index contributed by atoms with van der Waals surface area (Å²) in [7, 11) is -3.69. The van der Waals surface area contributed by atoms with Crippen molar-refractivity contribution < 1.29 is 62.5 Å². The summed E-state index contributed by atoms with van der Waals surface area (Å²) in [5.41, 5.74) is -0.221. The first-order valence-corrected chi connectivity index (χ1v) is 16.3. The molecular formula is C30H41N3O13S. The number of carboxylic acid groups (broad SMARTS) is 1. The number of rotatable bonds is 11. The van der Waals surface area contributed by atoms with Crippen molar-refractivity contribution in [1.82, 2.24) is 9.62 Å². The molecule has 6 N–H and O–H groups in total. The fraction of sp³-hybridized carbons (Fsp3) is 0.533. The highest BCUT2D eigenvalue weighted by Gasteiger charge is 2.45. The Bertz CT molecular complexity index is 1480. The Hall–Kier alpha value is -3.55. The van der Waals surface area contributed by atoms with E-state index < -0.39 is 71.2 Å². The zero-order valence-electron chi connectivity index (χ0n) is 26.1. The van der Waals surface area contributed by atoms with E-state index >= 15 is 0 Å². The first-order valence-electron chi connectivity index (χ1n) is 14.9. The Kier molecular flexibility index (Phi) is 12.0. The number of hydrogen-bond acceptors (Lipinski definition) is 13. The Morgan fingerprint density at radius 1 is 1.04 bits per heavy atom. The summed E-state index contributed by atoms with van der Waals surface area (Å²) >= 11 is 0. The third-order valence-electron chi connectivity index (χ3n) is 7.02. The molecular weight excluding hydrogens is 642 g/mol. The molecule has 2 saturated heterocycles. The Morgan fingerprint density at radius 2 is 1.70 bits per heavy atom. The van der Waals surface area contributed by atoms with Crippen molar-refractivity contribution in [3.63, 3.8) is 0 Å². The van der Waals surface area contributed by atoms with Crippen LogP contribution in [0.1, 0.15) is 26.3 Å². The number of aliphatic hydroxyl groups is 4. The number of carbonyl (C=O) groups is 2. The number of para-hydroxylation sites is 1. The third-order valence-corrected chi connectivity index (χ3v) is 8.88. The largest absolute Gasteiger partial charge is 0.480 e. The van der Waals surface area contributed by atoms with Gasteiger partial charge < -0.3 is 54.0 Å². The van der Waals surface area contributed by atoms with E-state index in [1.165, 1.54) is 28.6 Å². The molecule has 1 unspecified atom stereocenters. The number of benzene rings is 2. The molecule has 0 spiro atoms. The standard InChI is InChI=1S/C30H41N3O13S/c1-30(2,3)45-29(40)31-21(27(38)39)16-18-8-10-19(11-9-18)46-47(41,33-12-14-42-15-13-33)32-20-6-4-5-7-22(20)43-28-26(37)25(36)24(35)23(17-34)44-28/h4-11,21,23-26,28,34-37H,12-17H2,1-3H3,(H,31,40)(H,38,39)/t21-,23+,24-,25-,26+,28+,47?/m0/s1. The quantitative estimate of drug-likeness (QED) is 0.192. The van der Waals surface area contributed by atoms with Crippen LogP contribution in [0, 0.1) is 0 Å². The van der Waals surface area contributed by atoms with Crippen LogP contribution in [0.4, 0.5) is 10.5 Å². The van der Waals surface area contributed by atoms with Gasteiger partial charge in [0.15, 0.2) is 0 Å². The van der Waals surface area contributed by atoms with Crippen LogP contribution in [0.3, 0.4) is 0 Å². The minimum atomic E-state index is -3.69. The number of alkyl carbamates (subject to hydrolysis) is 1. The van der Waals surface area contributed by atoms with Crippen LogP contribution in [0.25, 0.3) is 0 Å². The van der Waals surface area contributed by atoms with Gasteiger partial charge in [-0.05, 0) is 50.6 Å². The fourth-order valence-electron chi connectivity index (χ4n) is 4.64. The normalized spacial score (nSPS) is 25.6. The number of carbonyl (C=O) groups excluding carboxylic acids is 1. The summed E-state index contributed by atoms with van der Waals surface area (Å²) in [5.74, 6) is -1.10. The van der Waals surface area contributed by atoms with Crippen molar-refractivity contribution in [2.45, 2.75) is 69.5 Å². The van der Waals surface area contributed by atoms with Crippen LogP contribution in [0.15, 0.2) is 52.9 Å². The van der Waals surface area contributed by atoms with Gasteiger partial charge in [0.1, 0.15) is 53.2 Å². The molecule has 7 atom stereocenters. The fourth-order valence-corrected chi connectivity index (χ4v) is 6.27. The predicted octanol–water partition coefficient (Wildman–Crippen LogP) is 0.726. The third kappa shape index (κ3) is 9.74. The molecule has 2 aromatic rings. The lowest BCUT2D eigenvalue weighted by Crippen LogP contribution is -2.60. The first kappa shape index (κ1) is 36.3. The minimum Gasteiger partial charge on any atom is -0.480 e. The van der Waals surface area contributed by atoms with Crippen LogP contribution >= 0.6 is 0 Å². The first-order chi connectivity index (χ1) is 22.2. The highest BCUT2D eigenvalue weighted by atomic mass is 32.2. The minimum absolute atomic E-state index is 0.00830. The molecule has 17 heteroatoms. The van der Waals surface area contributed by atoms with Crippen LogP contribution in [0.5, 0.6) is 11.5 Å². The Morgan fingerprint density at radius 3 is 2.32 bits per heavy atom. The van der Waals surface area contributed by atoms with Crippen LogP contribution < -0.4 is 14.2 Å². The molecule has 1 amide bonds. The lowest BCUT2D eigenvalue weighted by Gasteiger charge is -2.39. The van der Waals surface area contributed by atoms with Gasteiger partial charge in [-0.15, -0.1) is 4.36 Å². The summed E-state index contributed by atoms with van der Waals surface area (Å²) in [6, 6.07) is 11.0. The average Bonchev–Trinajstić information content (AvgIpc) is 3.02. The molecule has 0 radical (unpaired) electrons. The summed E-state index contributed by atoms with van der Waals surface area (Å²) in [4.78, 5) is 24.0. The second-order valence-electron chi connectivity index (χ2n) is 11.8. The molecule has 2 fully saturated rings. The van der Waals surface area contributed by atoms with Crippen molar-refractivity contribution in [3.8, 4) is 11.5 Å². The van der Waals surface area contributed by atoms with E-state index in [0.29, 0.717) is 5.56 Å². The maximum atomic E-state index is 14.5. The number of amides is 1. The van der Waals surface area contributed by atoms with Crippen LogP contribution in [-0.4, -0.2) is 121 Å². The number of nitrogens with zero attached hydrogens (tertiary/aromatic N) is 2. The van der Waals surface area contributed by atoms with Crippen molar-refractivity contribution >= 4 is 27.9 Å². The lowest BCUT2D eigenvalue weighted by molar-refractivity contribution is -0.277. The van der Waals surface area contributed by atoms with E-state index in [9.17, 15) is 39.3 Å². The van der Waals surface area contributed by atoms with Gasteiger partial charge in [0.25, 0.3) is 10.2 Å². The maximum absolute atomic E-state index is 14.5. The van der Waals surface area contributed by atoms with Crippen LogP contribution in [-0.2, 0) is 35.6 Å². The second-order valence-corrected chi connectivity index (χ2v) is 13.6. The van der Waals surface area contributed by atoms with Crippen molar-refractivity contribution in [2.24, 2.45) is 4.36 Å². The van der Waals surface area contributed by atoms with E-state index in [1.54, 1.807) is 45.0 Å². The van der Waals surface area contributed by atoms with Gasteiger partial charge in [-0.2, -0.15) is 8.51 Å². The SMILES string of the molecule is CC(C)(C)OC(=O)N[C@@H](Cc1ccc(OS(=O)(=Nc2ccccc2O[C@@H]2O[C@H](CO)[C@H](O)[C@H](O)[C@H]2O)N2CCOCC2)cc1)C(=O)O. The van der Waals surface area contributed by atoms with Crippen LogP contribution in [0.2, 0.25) is 0 Å². The molecule has 2 aliphatic rings. The van der Waals surface area contributed by atoms with Gasteiger partial charge in [0.2, 0.25) is 6.29 Å². The predicted molar refractivity (Wildman–Crippen MR) is 165 cm³/mol. The van der Waals surface area contributed by atoms with E-state index in [1.807, 2.05) is 0 Å². The highest BCUT2D eigenvalue weighted by Crippen LogP contribution is 2.33. The lowest BCUT2D eigenvalue weighted by atomic mass is 9.99. The maximum Gasteiger partial charge on any atom is 0.408 e.